The highest BCUT2D eigenvalue weighted by Crippen LogP contribution is 2.52. The number of piperazine rings is 1. The van der Waals surface area contributed by atoms with Crippen molar-refractivity contribution in [2.24, 2.45) is 0 Å². The number of nitrogens with one attached hydrogen (secondary N) is 1. The summed E-state index contributed by atoms with van der Waals surface area (Å²) in [5.74, 6) is -0.0295. The zero-order chi connectivity index (χ0) is 19.3. The molecule has 3 aromatic rings. The van der Waals surface area contributed by atoms with Crippen LogP contribution in [0.25, 0.3) is 10.9 Å². The molecule has 28 heavy (non-hydrogen) atoms. The number of nitrogens with zero attached hydrogens (tertiary/aromatic N) is 2. The zero-order valence-electron chi connectivity index (χ0n) is 15.4. The van der Waals surface area contributed by atoms with E-state index in [1.807, 2.05) is 40.3 Å². The molecule has 2 aromatic carbocycles. The highest BCUT2D eigenvalue weighted by molar-refractivity contribution is 6.31. The highest BCUT2D eigenvalue weighted by Gasteiger charge is 2.54. The maximum absolute atomic E-state index is 14.1. The van der Waals surface area contributed by atoms with E-state index in [9.17, 15) is 9.18 Å². The first-order valence-electron chi connectivity index (χ1n) is 9.64. The summed E-state index contributed by atoms with van der Waals surface area (Å²) >= 11 is 6.19. The van der Waals surface area contributed by atoms with Gasteiger partial charge in [-0.3, -0.25) is 4.79 Å². The van der Waals surface area contributed by atoms with Gasteiger partial charge in [0.1, 0.15) is 5.82 Å². The van der Waals surface area contributed by atoms with Crippen molar-refractivity contribution in [2.45, 2.75) is 18.3 Å². The van der Waals surface area contributed by atoms with E-state index in [1.54, 1.807) is 12.1 Å². The first-order chi connectivity index (χ1) is 13.6. The lowest BCUT2D eigenvalue weighted by Crippen LogP contribution is -2.51. The Balaban J connectivity index is 1.36. The Kier molecular flexibility index (Phi) is 4.09. The van der Waals surface area contributed by atoms with Gasteiger partial charge in [-0.25, -0.2) is 4.39 Å². The largest absolute Gasteiger partial charge is 0.366 e. The van der Waals surface area contributed by atoms with Gasteiger partial charge in [-0.15, -0.1) is 0 Å². The van der Waals surface area contributed by atoms with E-state index in [-0.39, 0.29) is 11.7 Å². The van der Waals surface area contributed by atoms with E-state index >= 15 is 0 Å². The third-order valence-electron chi connectivity index (χ3n) is 6.08. The van der Waals surface area contributed by atoms with Crippen molar-refractivity contribution < 1.29 is 9.18 Å². The number of amides is 1. The lowest BCUT2D eigenvalue weighted by atomic mass is 9.93. The molecule has 2 aliphatic rings. The minimum absolute atomic E-state index is 0.182. The molecule has 1 aliphatic heterocycles. The maximum atomic E-state index is 14.1. The molecule has 144 valence electrons. The molecule has 1 N–H and O–H groups in total. The average Bonchev–Trinajstić information content (AvgIpc) is 3.41. The summed E-state index contributed by atoms with van der Waals surface area (Å²) in [5.41, 5.74) is 2.22. The fourth-order valence-electron chi connectivity index (χ4n) is 4.37. The monoisotopic (exact) mass is 397 g/mol. The van der Waals surface area contributed by atoms with E-state index in [0.717, 1.165) is 29.3 Å². The molecule has 1 aromatic heterocycles. The second-order valence-corrected chi connectivity index (χ2v) is 8.14. The van der Waals surface area contributed by atoms with Crippen molar-refractivity contribution in [2.75, 3.05) is 31.1 Å². The Labute approximate surface area is 167 Å². The van der Waals surface area contributed by atoms with Gasteiger partial charge in [-0.2, -0.15) is 0 Å². The van der Waals surface area contributed by atoms with Crippen LogP contribution in [-0.4, -0.2) is 42.0 Å². The predicted octanol–water partition coefficient (Wildman–Crippen LogP) is 4.34. The van der Waals surface area contributed by atoms with Gasteiger partial charge in [0.2, 0.25) is 5.91 Å². The number of rotatable bonds is 3. The van der Waals surface area contributed by atoms with Gasteiger partial charge in [0.15, 0.2) is 0 Å². The molecule has 2 heterocycles. The maximum Gasteiger partial charge on any atom is 0.233 e. The van der Waals surface area contributed by atoms with Crippen LogP contribution in [0.4, 0.5) is 10.1 Å². The van der Waals surface area contributed by atoms with Crippen LogP contribution in [0.2, 0.25) is 5.02 Å². The number of fused-ring (bicyclic) bond motifs is 1. The lowest BCUT2D eigenvalue weighted by molar-refractivity contribution is -0.134. The second kappa shape index (κ2) is 6.52. The summed E-state index contributed by atoms with van der Waals surface area (Å²) in [6.07, 6.45) is 3.68. The highest BCUT2D eigenvalue weighted by atomic mass is 35.5. The molecule has 0 radical (unpaired) electrons. The minimum atomic E-state index is -0.441. The smallest absolute Gasteiger partial charge is 0.233 e. The average molecular weight is 398 g/mol. The van der Waals surface area contributed by atoms with Gasteiger partial charge in [-0.1, -0.05) is 23.7 Å². The number of hydrogen-bond donors (Lipinski definition) is 1. The van der Waals surface area contributed by atoms with Gasteiger partial charge >= 0.3 is 0 Å². The topological polar surface area (TPSA) is 39.3 Å². The number of carbonyl (C=O) groups excluding carboxylic acids is 1. The summed E-state index contributed by atoms with van der Waals surface area (Å²) in [6.45, 7) is 2.50. The molecule has 1 amide bonds. The minimum Gasteiger partial charge on any atom is -0.366 e. The first kappa shape index (κ1) is 17.6. The molecule has 5 rings (SSSR count). The van der Waals surface area contributed by atoms with E-state index in [1.165, 1.54) is 6.07 Å². The lowest BCUT2D eigenvalue weighted by Gasteiger charge is -2.37. The molecule has 1 aliphatic carbocycles. The number of anilines is 1. The van der Waals surface area contributed by atoms with Crippen molar-refractivity contribution in [1.29, 1.82) is 0 Å². The molecule has 6 heteroatoms. The normalized spacial score (nSPS) is 18.5. The summed E-state index contributed by atoms with van der Waals surface area (Å²) in [6, 6.07) is 12.6. The third-order valence-corrected chi connectivity index (χ3v) is 6.31. The number of H-pyrrole nitrogens is 1. The summed E-state index contributed by atoms with van der Waals surface area (Å²) in [7, 11) is 0. The summed E-state index contributed by atoms with van der Waals surface area (Å²) in [5, 5.41) is 1.71. The van der Waals surface area contributed by atoms with Crippen LogP contribution < -0.4 is 4.90 Å². The number of para-hydroxylation sites is 1. The van der Waals surface area contributed by atoms with Gasteiger partial charge in [0.25, 0.3) is 0 Å². The molecule has 0 spiro atoms. The second-order valence-electron chi connectivity index (χ2n) is 7.71. The number of benzene rings is 2. The van der Waals surface area contributed by atoms with Crippen molar-refractivity contribution in [3.63, 3.8) is 0 Å². The molecular formula is C22H21ClFN3O. The van der Waals surface area contributed by atoms with E-state index in [0.29, 0.717) is 36.9 Å². The van der Waals surface area contributed by atoms with Crippen molar-refractivity contribution in [1.82, 2.24) is 9.88 Å². The molecule has 0 bridgehead atoms. The number of aromatic nitrogens is 1. The van der Waals surface area contributed by atoms with Gasteiger partial charge < -0.3 is 14.8 Å². The Hall–Kier alpha value is -2.53. The molecule has 0 atom stereocenters. The van der Waals surface area contributed by atoms with Crippen LogP contribution in [0.1, 0.15) is 18.4 Å². The molecular weight excluding hydrogens is 377 g/mol. The van der Waals surface area contributed by atoms with Crippen molar-refractivity contribution in [3.05, 3.63) is 65.1 Å². The molecule has 2 fully saturated rings. The quantitative estimate of drug-likeness (QED) is 0.714. The SMILES string of the molecule is O=C(N1CCN(c2ccccc2F)CC1)C1(c2c[nH]c3ccc(Cl)cc23)CC1. The van der Waals surface area contributed by atoms with Crippen LogP contribution in [-0.2, 0) is 10.2 Å². The zero-order valence-corrected chi connectivity index (χ0v) is 16.2. The Morgan fingerprint density at radius 3 is 2.54 bits per heavy atom. The molecule has 0 unspecified atom stereocenters. The van der Waals surface area contributed by atoms with Crippen LogP contribution in [0.3, 0.4) is 0 Å². The first-order valence-corrected chi connectivity index (χ1v) is 10.0. The van der Waals surface area contributed by atoms with Crippen LogP contribution in [0, 0.1) is 5.82 Å². The summed E-state index contributed by atoms with van der Waals surface area (Å²) in [4.78, 5) is 20.6. The van der Waals surface area contributed by atoms with E-state index < -0.39 is 5.41 Å². The standard InChI is InChI=1S/C22H21ClFN3O/c23-15-5-6-19-16(13-15)17(14-25-19)22(7-8-22)21(28)27-11-9-26(10-12-27)20-4-2-1-3-18(20)24/h1-6,13-14,25H,7-12H2. The number of hydrogen-bond acceptors (Lipinski definition) is 2. The van der Waals surface area contributed by atoms with Crippen LogP contribution in [0.5, 0.6) is 0 Å². The Morgan fingerprint density at radius 1 is 1.07 bits per heavy atom. The van der Waals surface area contributed by atoms with Crippen LogP contribution in [0.15, 0.2) is 48.7 Å². The number of aromatic amines is 1. The van der Waals surface area contributed by atoms with E-state index in [4.69, 9.17) is 11.6 Å². The fourth-order valence-corrected chi connectivity index (χ4v) is 4.55. The molecule has 1 saturated heterocycles. The number of halogens is 2. The van der Waals surface area contributed by atoms with E-state index in [2.05, 4.69) is 4.98 Å². The van der Waals surface area contributed by atoms with Crippen molar-refractivity contribution >= 4 is 34.1 Å². The van der Waals surface area contributed by atoms with Gasteiger partial charge in [0.05, 0.1) is 11.1 Å². The van der Waals surface area contributed by atoms with Crippen molar-refractivity contribution in [3.8, 4) is 0 Å². The third kappa shape index (κ3) is 2.76. The molecule has 1 saturated carbocycles. The predicted molar refractivity (Wildman–Crippen MR) is 109 cm³/mol. The Morgan fingerprint density at radius 2 is 1.82 bits per heavy atom. The van der Waals surface area contributed by atoms with Gasteiger partial charge in [-0.05, 0) is 48.7 Å². The fraction of sp³-hybridized carbons (Fsp3) is 0.318. The molecule has 4 nitrogen and oxygen atoms in total. The van der Waals surface area contributed by atoms with Crippen LogP contribution >= 0.6 is 11.6 Å². The Bertz CT molecular complexity index is 1050. The van der Waals surface area contributed by atoms with Gasteiger partial charge in [0, 0.05) is 48.3 Å². The summed E-state index contributed by atoms with van der Waals surface area (Å²) < 4.78 is 14.1. The number of carbonyl (C=O) groups is 1.